The molecule has 0 aromatic rings. The molecule has 1 saturated heterocycles. The molecule has 0 aliphatic carbocycles. The molecular formula is C8H14N2O3. The van der Waals surface area contributed by atoms with Crippen molar-refractivity contribution in [3.63, 3.8) is 0 Å². The molecule has 0 aromatic heterocycles. The molecule has 13 heavy (non-hydrogen) atoms. The molecule has 1 N–H and O–H groups in total. The first-order chi connectivity index (χ1) is 6.11. The van der Waals surface area contributed by atoms with E-state index in [1.807, 2.05) is 13.8 Å². The molecule has 1 aliphatic rings. The van der Waals surface area contributed by atoms with Crippen molar-refractivity contribution in [1.82, 2.24) is 10.2 Å². The van der Waals surface area contributed by atoms with Crippen molar-refractivity contribution in [2.75, 3.05) is 19.7 Å². The van der Waals surface area contributed by atoms with Crippen molar-refractivity contribution >= 4 is 11.9 Å². The van der Waals surface area contributed by atoms with Gasteiger partial charge in [-0.2, -0.15) is 0 Å². The Kier molecular flexibility index (Phi) is 3.25. The third kappa shape index (κ3) is 2.69. The molecule has 0 aromatic carbocycles. The number of imide groups is 1. The van der Waals surface area contributed by atoms with Gasteiger partial charge in [0.1, 0.15) is 0 Å². The van der Waals surface area contributed by atoms with Gasteiger partial charge >= 0.3 is 6.03 Å². The molecule has 5 heteroatoms. The summed E-state index contributed by atoms with van der Waals surface area (Å²) < 4.78 is 5.23. The molecule has 0 radical (unpaired) electrons. The van der Waals surface area contributed by atoms with Gasteiger partial charge in [-0.25, -0.2) is 4.79 Å². The molecule has 5 nitrogen and oxygen atoms in total. The van der Waals surface area contributed by atoms with E-state index >= 15 is 0 Å². The minimum atomic E-state index is -0.322. The maximum Gasteiger partial charge on any atom is 0.324 e. The number of amides is 3. The fourth-order valence-electron chi connectivity index (χ4n) is 1.06. The van der Waals surface area contributed by atoms with Gasteiger partial charge in [0, 0.05) is 0 Å². The average molecular weight is 186 g/mol. The molecular weight excluding hydrogens is 172 g/mol. The van der Waals surface area contributed by atoms with E-state index in [0.29, 0.717) is 13.2 Å². The molecule has 3 amide bonds. The smallest absolute Gasteiger partial charge is 0.324 e. The summed E-state index contributed by atoms with van der Waals surface area (Å²) >= 11 is 0. The monoisotopic (exact) mass is 186 g/mol. The topological polar surface area (TPSA) is 58.6 Å². The van der Waals surface area contributed by atoms with Gasteiger partial charge in [0.15, 0.2) is 0 Å². The van der Waals surface area contributed by atoms with Crippen molar-refractivity contribution in [3.8, 4) is 0 Å². The highest BCUT2D eigenvalue weighted by molar-refractivity contribution is 6.01. The number of nitrogens with one attached hydrogen (secondary N) is 1. The molecule has 0 bridgehead atoms. The van der Waals surface area contributed by atoms with E-state index < -0.39 is 0 Å². The van der Waals surface area contributed by atoms with Gasteiger partial charge in [0.25, 0.3) is 0 Å². The zero-order valence-electron chi connectivity index (χ0n) is 7.87. The highest BCUT2D eigenvalue weighted by Gasteiger charge is 2.27. The highest BCUT2D eigenvalue weighted by Crippen LogP contribution is 1.98. The van der Waals surface area contributed by atoms with Crippen LogP contribution in [0.25, 0.3) is 0 Å². The number of ether oxygens (including phenoxy) is 1. The molecule has 0 saturated carbocycles. The van der Waals surface area contributed by atoms with Crippen LogP contribution < -0.4 is 5.32 Å². The Bertz CT molecular complexity index is 199. The van der Waals surface area contributed by atoms with Gasteiger partial charge in [-0.15, -0.1) is 0 Å². The van der Waals surface area contributed by atoms with Crippen LogP contribution in [0.3, 0.4) is 0 Å². The molecule has 1 aliphatic heterocycles. The van der Waals surface area contributed by atoms with Crippen LogP contribution in [0.5, 0.6) is 0 Å². The summed E-state index contributed by atoms with van der Waals surface area (Å²) in [5.41, 5.74) is 0. The van der Waals surface area contributed by atoms with E-state index in [1.54, 1.807) is 0 Å². The standard InChI is InChI=1S/C8H14N2O3/c1-6(2)13-4-3-10-7(11)5-9-8(10)12/h6H,3-5H2,1-2H3,(H,9,12). The van der Waals surface area contributed by atoms with Gasteiger partial charge in [0.05, 0.1) is 25.8 Å². The van der Waals surface area contributed by atoms with Gasteiger partial charge < -0.3 is 10.1 Å². The number of hydrogen-bond acceptors (Lipinski definition) is 3. The van der Waals surface area contributed by atoms with Gasteiger partial charge in [-0.3, -0.25) is 9.69 Å². The second kappa shape index (κ2) is 4.23. The second-order valence-corrected chi connectivity index (χ2v) is 3.12. The molecule has 74 valence electrons. The number of nitrogens with zero attached hydrogens (tertiary/aromatic N) is 1. The van der Waals surface area contributed by atoms with Crippen LogP contribution in [0.15, 0.2) is 0 Å². The van der Waals surface area contributed by atoms with Crippen molar-refractivity contribution in [3.05, 3.63) is 0 Å². The quantitative estimate of drug-likeness (QED) is 0.627. The Morgan fingerprint density at radius 3 is 2.69 bits per heavy atom. The summed E-state index contributed by atoms with van der Waals surface area (Å²) in [5, 5.41) is 2.44. The lowest BCUT2D eigenvalue weighted by Crippen LogP contribution is -2.34. The largest absolute Gasteiger partial charge is 0.377 e. The second-order valence-electron chi connectivity index (χ2n) is 3.12. The summed E-state index contributed by atoms with van der Waals surface area (Å²) in [6.45, 7) is 4.66. The van der Waals surface area contributed by atoms with Gasteiger partial charge in [-0.05, 0) is 13.8 Å². The van der Waals surface area contributed by atoms with Crippen LogP contribution in [0.2, 0.25) is 0 Å². The summed E-state index contributed by atoms with van der Waals surface area (Å²) in [7, 11) is 0. The highest BCUT2D eigenvalue weighted by atomic mass is 16.5. The fraction of sp³-hybridized carbons (Fsp3) is 0.750. The maximum atomic E-state index is 11.0. The number of rotatable bonds is 4. The minimum Gasteiger partial charge on any atom is -0.377 e. The minimum absolute atomic E-state index is 0.112. The summed E-state index contributed by atoms with van der Waals surface area (Å²) in [4.78, 5) is 23.2. The zero-order chi connectivity index (χ0) is 9.84. The molecule has 0 atom stereocenters. The normalized spacial score (nSPS) is 17.0. The van der Waals surface area contributed by atoms with E-state index in [9.17, 15) is 9.59 Å². The van der Waals surface area contributed by atoms with E-state index in [1.165, 1.54) is 4.90 Å². The molecule has 1 heterocycles. The number of carbonyl (C=O) groups is 2. The lowest BCUT2D eigenvalue weighted by atomic mass is 10.5. The lowest BCUT2D eigenvalue weighted by Gasteiger charge is -2.13. The first kappa shape index (κ1) is 9.98. The third-order valence-corrected chi connectivity index (χ3v) is 1.70. The lowest BCUT2D eigenvalue weighted by molar-refractivity contribution is -0.125. The molecule has 1 rings (SSSR count). The maximum absolute atomic E-state index is 11.0. The molecule has 0 unspecified atom stereocenters. The van der Waals surface area contributed by atoms with E-state index in [0.717, 1.165) is 0 Å². The van der Waals surface area contributed by atoms with Crippen molar-refractivity contribution < 1.29 is 14.3 Å². The van der Waals surface area contributed by atoms with Gasteiger partial charge in [0.2, 0.25) is 5.91 Å². The fourth-order valence-corrected chi connectivity index (χ4v) is 1.06. The van der Waals surface area contributed by atoms with Crippen LogP contribution >= 0.6 is 0 Å². The van der Waals surface area contributed by atoms with Crippen molar-refractivity contribution in [1.29, 1.82) is 0 Å². The van der Waals surface area contributed by atoms with Crippen LogP contribution in [-0.4, -0.2) is 42.6 Å². The SMILES string of the molecule is CC(C)OCCN1C(=O)CNC1=O. The summed E-state index contributed by atoms with van der Waals surface area (Å²) in [6, 6.07) is -0.322. The van der Waals surface area contributed by atoms with E-state index in [4.69, 9.17) is 4.74 Å². The molecule has 0 spiro atoms. The Morgan fingerprint density at radius 2 is 2.23 bits per heavy atom. The Hall–Kier alpha value is -1.10. The predicted octanol–water partition coefficient (Wildman–Crippen LogP) is -0.0368. The van der Waals surface area contributed by atoms with Crippen LogP contribution in [0, 0.1) is 0 Å². The summed E-state index contributed by atoms with van der Waals surface area (Å²) in [5.74, 6) is -0.183. The van der Waals surface area contributed by atoms with Crippen molar-refractivity contribution in [2.24, 2.45) is 0 Å². The van der Waals surface area contributed by atoms with Crippen LogP contribution in [0.4, 0.5) is 4.79 Å². The van der Waals surface area contributed by atoms with Crippen LogP contribution in [-0.2, 0) is 9.53 Å². The Labute approximate surface area is 77.0 Å². The Balaban J connectivity index is 2.27. The van der Waals surface area contributed by atoms with Crippen LogP contribution in [0.1, 0.15) is 13.8 Å². The number of hydrogen-bond donors (Lipinski definition) is 1. The van der Waals surface area contributed by atoms with E-state index in [-0.39, 0.29) is 24.6 Å². The first-order valence-corrected chi connectivity index (χ1v) is 4.31. The first-order valence-electron chi connectivity index (χ1n) is 4.31. The predicted molar refractivity (Wildman–Crippen MR) is 46.2 cm³/mol. The summed E-state index contributed by atoms with van der Waals surface area (Å²) in [6.07, 6.45) is 0.126. The third-order valence-electron chi connectivity index (χ3n) is 1.70. The van der Waals surface area contributed by atoms with Gasteiger partial charge in [-0.1, -0.05) is 0 Å². The Morgan fingerprint density at radius 1 is 1.54 bits per heavy atom. The number of carbonyl (C=O) groups excluding carboxylic acids is 2. The van der Waals surface area contributed by atoms with E-state index in [2.05, 4.69) is 5.32 Å². The molecule has 1 fully saturated rings. The number of urea groups is 1. The van der Waals surface area contributed by atoms with Crippen molar-refractivity contribution in [2.45, 2.75) is 20.0 Å². The zero-order valence-corrected chi connectivity index (χ0v) is 7.87. The average Bonchev–Trinajstić information content (AvgIpc) is 2.34.